The van der Waals surface area contributed by atoms with Gasteiger partial charge in [-0.2, -0.15) is 0 Å². The molecule has 2 heterocycles. The van der Waals surface area contributed by atoms with Crippen LogP contribution in [-0.2, 0) is 0 Å². The van der Waals surface area contributed by atoms with Gasteiger partial charge in [0.15, 0.2) is 11.5 Å². The van der Waals surface area contributed by atoms with Gasteiger partial charge in [0, 0.05) is 0 Å². The SMILES string of the molecule is c1ccc(-c2sc(-c3ccccc3)c3c2OCCO3)cc1. The number of hydrogen-bond donors (Lipinski definition) is 0. The molecular weight excluding hydrogens is 280 g/mol. The lowest BCUT2D eigenvalue weighted by molar-refractivity contribution is 0.175. The summed E-state index contributed by atoms with van der Waals surface area (Å²) in [6.45, 7) is 1.22. The zero-order valence-electron chi connectivity index (χ0n) is 11.4. The van der Waals surface area contributed by atoms with E-state index in [4.69, 9.17) is 9.47 Å². The Morgan fingerprint density at radius 3 is 1.48 bits per heavy atom. The Balaban J connectivity index is 1.92. The molecule has 0 saturated heterocycles. The summed E-state index contributed by atoms with van der Waals surface area (Å²) in [6.07, 6.45) is 0. The number of ether oxygens (including phenoxy) is 2. The smallest absolute Gasteiger partial charge is 0.180 e. The molecule has 0 amide bonds. The lowest BCUT2D eigenvalue weighted by Crippen LogP contribution is -2.14. The van der Waals surface area contributed by atoms with Crippen molar-refractivity contribution in [1.82, 2.24) is 0 Å². The highest BCUT2D eigenvalue weighted by Crippen LogP contribution is 2.53. The van der Waals surface area contributed by atoms with Crippen molar-refractivity contribution < 1.29 is 9.47 Å². The van der Waals surface area contributed by atoms with Gasteiger partial charge in [-0.05, 0) is 11.1 Å². The molecule has 21 heavy (non-hydrogen) atoms. The molecule has 0 radical (unpaired) electrons. The molecule has 1 aromatic heterocycles. The number of thiophene rings is 1. The van der Waals surface area contributed by atoms with Crippen LogP contribution in [0.25, 0.3) is 20.9 Å². The first-order valence-electron chi connectivity index (χ1n) is 6.97. The predicted molar refractivity (Wildman–Crippen MR) is 86.2 cm³/mol. The van der Waals surface area contributed by atoms with Crippen LogP contribution in [0.4, 0.5) is 0 Å². The second kappa shape index (κ2) is 5.26. The minimum absolute atomic E-state index is 0.609. The summed E-state index contributed by atoms with van der Waals surface area (Å²) in [7, 11) is 0. The molecule has 3 aromatic rings. The van der Waals surface area contributed by atoms with Crippen LogP contribution in [0.2, 0.25) is 0 Å². The van der Waals surface area contributed by atoms with Crippen molar-refractivity contribution >= 4 is 11.3 Å². The average molecular weight is 294 g/mol. The molecule has 0 unspecified atom stereocenters. The van der Waals surface area contributed by atoms with Crippen molar-refractivity contribution in [3.05, 3.63) is 60.7 Å². The number of rotatable bonds is 2. The first-order chi connectivity index (χ1) is 10.4. The average Bonchev–Trinajstić information content (AvgIpc) is 2.96. The topological polar surface area (TPSA) is 18.5 Å². The van der Waals surface area contributed by atoms with Gasteiger partial charge < -0.3 is 9.47 Å². The molecule has 0 bridgehead atoms. The molecule has 0 saturated carbocycles. The zero-order valence-corrected chi connectivity index (χ0v) is 12.2. The van der Waals surface area contributed by atoms with E-state index in [1.54, 1.807) is 11.3 Å². The summed E-state index contributed by atoms with van der Waals surface area (Å²) in [5.41, 5.74) is 2.35. The standard InChI is InChI=1S/C18H14O2S/c1-3-7-13(8-4-1)17-15-16(20-12-11-19-15)18(21-17)14-9-5-2-6-10-14/h1-10H,11-12H2. The first-order valence-corrected chi connectivity index (χ1v) is 7.78. The van der Waals surface area contributed by atoms with Crippen molar-refractivity contribution in [3.63, 3.8) is 0 Å². The molecule has 0 N–H and O–H groups in total. The first kappa shape index (κ1) is 12.5. The van der Waals surface area contributed by atoms with Crippen LogP contribution >= 0.6 is 11.3 Å². The Bertz CT molecular complexity index is 684. The maximum atomic E-state index is 5.90. The van der Waals surface area contributed by atoms with Crippen LogP contribution in [0.5, 0.6) is 11.5 Å². The number of fused-ring (bicyclic) bond motifs is 1. The second-order valence-corrected chi connectivity index (χ2v) is 5.87. The molecule has 1 aliphatic rings. The van der Waals surface area contributed by atoms with E-state index < -0.39 is 0 Å². The normalized spacial score (nSPS) is 13.1. The fourth-order valence-electron chi connectivity index (χ4n) is 2.51. The quantitative estimate of drug-likeness (QED) is 0.672. The van der Waals surface area contributed by atoms with Crippen molar-refractivity contribution in [2.75, 3.05) is 13.2 Å². The lowest BCUT2D eigenvalue weighted by atomic mass is 10.1. The summed E-state index contributed by atoms with van der Waals surface area (Å²) in [6, 6.07) is 20.7. The third-order valence-electron chi connectivity index (χ3n) is 3.47. The van der Waals surface area contributed by atoms with E-state index in [1.165, 1.54) is 11.1 Å². The Morgan fingerprint density at radius 2 is 1.05 bits per heavy atom. The second-order valence-electron chi connectivity index (χ2n) is 4.85. The highest BCUT2D eigenvalue weighted by atomic mass is 32.1. The van der Waals surface area contributed by atoms with Gasteiger partial charge in [0.25, 0.3) is 0 Å². The molecule has 0 spiro atoms. The van der Waals surface area contributed by atoms with Crippen molar-refractivity contribution in [3.8, 4) is 32.4 Å². The molecule has 104 valence electrons. The van der Waals surface area contributed by atoms with Gasteiger partial charge in [-0.3, -0.25) is 0 Å². The van der Waals surface area contributed by atoms with Crippen LogP contribution in [-0.4, -0.2) is 13.2 Å². The van der Waals surface area contributed by atoms with Crippen LogP contribution in [0.15, 0.2) is 60.7 Å². The van der Waals surface area contributed by atoms with Gasteiger partial charge in [-0.25, -0.2) is 0 Å². The maximum Gasteiger partial charge on any atom is 0.180 e. The fourth-order valence-corrected chi connectivity index (χ4v) is 3.71. The largest absolute Gasteiger partial charge is 0.485 e. The van der Waals surface area contributed by atoms with Crippen LogP contribution in [0.1, 0.15) is 0 Å². The van der Waals surface area contributed by atoms with Crippen LogP contribution in [0.3, 0.4) is 0 Å². The van der Waals surface area contributed by atoms with Crippen molar-refractivity contribution in [2.24, 2.45) is 0 Å². The summed E-state index contributed by atoms with van der Waals surface area (Å²) < 4.78 is 11.8. The molecule has 3 heteroatoms. The van der Waals surface area contributed by atoms with E-state index in [0.717, 1.165) is 21.3 Å². The lowest BCUT2D eigenvalue weighted by Gasteiger charge is -2.17. The third kappa shape index (κ3) is 2.20. The van der Waals surface area contributed by atoms with Gasteiger partial charge in [-0.1, -0.05) is 60.7 Å². The molecule has 2 aromatic carbocycles. The zero-order chi connectivity index (χ0) is 14.1. The molecule has 0 aliphatic carbocycles. The van der Waals surface area contributed by atoms with Gasteiger partial charge >= 0.3 is 0 Å². The van der Waals surface area contributed by atoms with E-state index in [1.807, 2.05) is 36.4 Å². The summed E-state index contributed by atoms with van der Waals surface area (Å²) in [5.74, 6) is 1.77. The molecule has 0 fully saturated rings. The fraction of sp³-hybridized carbons (Fsp3) is 0.111. The van der Waals surface area contributed by atoms with E-state index in [9.17, 15) is 0 Å². The monoisotopic (exact) mass is 294 g/mol. The number of benzene rings is 2. The molecule has 1 aliphatic heterocycles. The van der Waals surface area contributed by atoms with Gasteiger partial charge in [-0.15, -0.1) is 11.3 Å². The van der Waals surface area contributed by atoms with Crippen LogP contribution < -0.4 is 9.47 Å². The van der Waals surface area contributed by atoms with Gasteiger partial charge in [0.1, 0.15) is 13.2 Å². The van der Waals surface area contributed by atoms with E-state index >= 15 is 0 Å². The minimum Gasteiger partial charge on any atom is -0.485 e. The predicted octanol–water partition coefficient (Wildman–Crippen LogP) is 4.85. The van der Waals surface area contributed by atoms with Crippen molar-refractivity contribution in [1.29, 1.82) is 0 Å². The Morgan fingerprint density at radius 1 is 0.619 bits per heavy atom. The minimum atomic E-state index is 0.609. The summed E-state index contributed by atoms with van der Waals surface area (Å²) in [5, 5.41) is 0. The van der Waals surface area contributed by atoms with E-state index in [-0.39, 0.29) is 0 Å². The van der Waals surface area contributed by atoms with E-state index in [0.29, 0.717) is 13.2 Å². The molecular formula is C18H14O2S. The highest BCUT2D eigenvalue weighted by molar-refractivity contribution is 7.19. The Kier molecular flexibility index (Phi) is 3.13. The van der Waals surface area contributed by atoms with Crippen molar-refractivity contribution in [2.45, 2.75) is 0 Å². The van der Waals surface area contributed by atoms with Gasteiger partial charge in [0.05, 0.1) is 9.75 Å². The van der Waals surface area contributed by atoms with Crippen LogP contribution in [0, 0.1) is 0 Å². The third-order valence-corrected chi connectivity index (χ3v) is 4.72. The summed E-state index contributed by atoms with van der Waals surface area (Å²) >= 11 is 1.73. The van der Waals surface area contributed by atoms with E-state index in [2.05, 4.69) is 24.3 Å². The maximum absolute atomic E-state index is 5.90. The molecule has 4 rings (SSSR count). The highest BCUT2D eigenvalue weighted by Gasteiger charge is 2.25. The molecule has 2 nitrogen and oxygen atoms in total. The Labute approximate surface area is 127 Å². The summed E-state index contributed by atoms with van der Waals surface area (Å²) in [4.78, 5) is 2.29. The van der Waals surface area contributed by atoms with Gasteiger partial charge in [0.2, 0.25) is 0 Å². The Hall–Kier alpha value is -2.26. The number of hydrogen-bond acceptors (Lipinski definition) is 3. The molecule has 0 atom stereocenters.